The monoisotopic (exact) mass is 457 g/mol. The summed E-state index contributed by atoms with van der Waals surface area (Å²) in [6.45, 7) is 7.38. The van der Waals surface area contributed by atoms with Crippen molar-refractivity contribution in [2.75, 3.05) is 14.2 Å². The number of rotatable bonds is 7. The molecule has 2 aromatic rings. The molecule has 0 bridgehead atoms. The predicted octanol–water partition coefficient (Wildman–Crippen LogP) is 6.16. The first-order chi connectivity index (χ1) is 13.5. The van der Waals surface area contributed by atoms with Crippen molar-refractivity contribution >= 4 is 41.6 Å². The second kappa shape index (κ2) is 8.93. The van der Waals surface area contributed by atoms with Crippen LogP contribution in [0.2, 0.25) is 5.02 Å². The van der Waals surface area contributed by atoms with E-state index in [1.54, 1.807) is 44.7 Å². The number of hydrogen-bond donors (Lipinski definition) is 1. The van der Waals surface area contributed by atoms with Crippen molar-refractivity contribution in [1.82, 2.24) is 0 Å². The fourth-order valence-corrected chi connectivity index (χ4v) is 6.70. The molecule has 0 radical (unpaired) electrons. The number of aryl methyl sites for hydroxylation is 1. The molecule has 0 unspecified atom stereocenters. The molecule has 0 spiro atoms. The van der Waals surface area contributed by atoms with Gasteiger partial charge in [0.1, 0.15) is 0 Å². The van der Waals surface area contributed by atoms with Crippen LogP contribution in [0.4, 0.5) is 4.79 Å². The second-order valence-corrected chi connectivity index (χ2v) is 12.8. The Hall–Kier alpha value is -1.14. The van der Waals surface area contributed by atoms with Gasteiger partial charge in [0.05, 0.1) is 0 Å². The Kier molecular flexibility index (Phi) is 7.43. The molecule has 29 heavy (non-hydrogen) atoms. The normalized spacial score (nSPS) is 13.6. The fraction of sp³-hybridized carbons (Fsp3) is 0.381. The van der Waals surface area contributed by atoms with Gasteiger partial charge in [0, 0.05) is 0 Å². The van der Waals surface area contributed by atoms with Crippen LogP contribution in [-0.2, 0) is 20.2 Å². The van der Waals surface area contributed by atoms with Crippen LogP contribution in [0.5, 0.6) is 0 Å². The molecule has 0 aliphatic heterocycles. The summed E-state index contributed by atoms with van der Waals surface area (Å²) in [5.41, 5.74) is 6.29. The maximum absolute atomic E-state index is 13.1. The van der Waals surface area contributed by atoms with Gasteiger partial charge in [-0.05, 0) is 0 Å². The summed E-state index contributed by atoms with van der Waals surface area (Å²) in [6.07, 6.45) is 0.966. The third-order valence-electron chi connectivity index (χ3n) is 4.38. The second-order valence-electron chi connectivity index (χ2n) is 7.58. The first-order valence-electron chi connectivity index (χ1n) is 9.22. The van der Waals surface area contributed by atoms with Crippen LogP contribution in [0.3, 0.4) is 0 Å². The van der Waals surface area contributed by atoms with Crippen molar-refractivity contribution in [3.8, 4) is 0 Å². The van der Waals surface area contributed by atoms with Gasteiger partial charge in [-0.1, -0.05) is 0 Å². The molecule has 0 amide bonds. The average molecular weight is 458 g/mol. The average Bonchev–Trinajstić information content (AvgIpc) is 2.66. The summed E-state index contributed by atoms with van der Waals surface area (Å²) >= 11 is 8.15. The molecule has 0 saturated heterocycles. The number of carbonyl (C=O) groups is 1. The number of hydrogen-bond acceptors (Lipinski definition) is 6. The van der Waals surface area contributed by atoms with Crippen molar-refractivity contribution in [3.63, 3.8) is 0 Å². The summed E-state index contributed by atoms with van der Waals surface area (Å²) in [5.74, 6) is 0. The van der Waals surface area contributed by atoms with Crippen LogP contribution in [0.25, 0.3) is 0 Å². The number of benzene rings is 2. The minimum atomic E-state index is -4.51. The van der Waals surface area contributed by atoms with E-state index in [9.17, 15) is 4.79 Å². The number of halogens is 1. The summed E-state index contributed by atoms with van der Waals surface area (Å²) in [6, 6.07) is 13.6. The van der Waals surface area contributed by atoms with Crippen molar-refractivity contribution < 1.29 is 18.6 Å². The van der Waals surface area contributed by atoms with E-state index in [1.807, 2.05) is 18.2 Å². The van der Waals surface area contributed by atoms with Gasteiger partial charge in [-0.25, -0.2) is 0 Å². The van der Waals surface area contributed by atoms with Crippen molar-refractivity contribution in [2.24, 2.45) is 5.50 Å². The Labute approximate surface area is 182 Å². The maximum atomic E-state index is 13.1. The van der Waals surface area contributed by atoms with Gasteiger partial charge in [-0.2, -0.15) is 0 Å². The van der Waals surface area contributed by atoms with Gasteiger partial charge < -0.3 is 0 Å². The van der Waals surface area contributed by atoms with Crippen LogP contribution >= 0.6 is 30.6 Å². The van der Waals surface area contributed by atoms with E-state index in [0.717, 1.165) is 16.2 Å². The molecule has 0 atom stereocenters. The molecular formula is C21H29ClNO4PS. The molecule has 160 valence electrons. The molecule has 2 N–H and O–H groups in total. The van der Waals surface area contributed by atoms with Crippen LogP contribution in [0.15, 0.2) is 52.3 Å². The van der Waals surface area contributed by atoms with Crippen LogP contribution in [-0.4, -0.2) is 25.5 Å². The molecule has 8 heteroatoms. The Bertz CT molecular complexity index is 896. The topological polar surface area (TPSA) is 70.8 Å². The Morgan fingerprint density at radius 2 is 1.72 bits per heavy atom. The molecule has 0 aliphatic carbocycles. The van der Waals surface area contributed by atoms with E-state index in [2.05, 4.69) is 19.1 Å². The van der Waals surface area contributed by atoms with E-state index in [-0.39, 0.29) is 5.02 Å². The molecule has 0 aliphatic rings. The zero-order chi connectivity index (χ0) is 21.9. The van der Waals surface area contributed by atoms with Gasteiger partial charge in [-0.15, -0.1) is 0 Å². The molecule has 5 nitrogen and oxygen atoms in total. The summed E-state index contributed by atoms with van der Waals surface area (Å²) in [7, 11) is -1.84. The molecule has 0 fully saturated rings. The molecule has 2 aromatic carbocycles. The first-order valence-corrected chi connectivity index (χ1v) is 12.6. The summed E-state index contributed by atoms with van der Waals surface area (Å²) < 4.78 is 16.6. The van der Waals surface area contributed by atoms with Gasteiger partial charge in [0.25, 0.3) is 0 Å². The zero-order valence-electron chi connectivity index (χ0n) is 17.7. The SMILES string of the molecule is CCc1cccc(Sc2ccc(P(N)(OC)(OC)C(=O)OC(C)(C)C)c(Cl)c2)c1. The quantitative estimate of drug-likeness (QED) is 0.502. The van der Waals surface area contributed by atoms with Gasteiger partial charge in [0.2, 0.25) is 0 Å². The van der Waals surface area contributed by atoms with Crippen LogP contribution < -0.4 is 10.8 Å². The van der Waals surface area contributed by atoms with Crippen molar-refractivity contribution in [3.05, 3.63) is 53.1 Å². The Morgan fingerprint density at radius 3 is 2.24 bits per heavy atom. The van der Waals surface area contributed by atoms with E-state index in [1.165, 1.54) is 19.8 Å². The molecule has 0 saturated carbocycles. The van der Waals surface area contributed by atoms with Crippen LogP contribution in [0.1, 0.15) is 33.3 Å². The summed E-state index contributed by atoms with van der Waals surface area (Å²) in [5, 5.41) is 0.583. The number of carbonyl (C=O) groups excluding carboxylic acids is 1. The van der Waals surface area contributed by atoms with Gasteiger partial charge in [-0.3, -0.25) is 0 Å². The van der Waals surface area contributed by atoms with Gasteiger partial charge >= 0.3 is 182 Å². The Morgan fingerprint density at radius 1 is 1.10 bits per heavy atom. The standard InChI is InChI=1S/C21H29ClNO4PS/c1-7-15-9-8-10-16(13-15)29-17-11-12-19(18(22)14-17)28(23,25-5,26-6)20(24)27-21(2,3)4/h8-14H,7,23H2,1-6H3. The van der Waals surface area contributed by atoms with E-state index in [0.29, 0.717) is 5.30 Å². The van der Waals surface area contributed by atoms with E-state index >= 15 is 0 Å². The predicted molar refractivity (Wildman–Crippen MR) is 122 cm³/mol. The Balaban J connectivity index is 2.45. The third-order valence-corrected chi connectivity index (χ3v) is 9.34. The molecular weight excluding hydrogens is 429 g/mol. The number of nitrogens with two attached hydrogens (primary N) is 1. The molecule has 0 aromatic heterocycles. The van der Waals surface area contributed by atoms with Crippen molar-refractivity contribution in [2.45, 2.75) is 49.5 Å². The fourth-order valence-electron chi connectivity index (χ4n) is 2.73. The van der Waals surface area contributed by atoms with Crippen molar-refractivity contribution in [1.29, 1.82) is 0 Å². The minimum absolute atomic E-state index is 0.288. The molecule has 0 heterocycles. The first kappa shape index (κ1) is 24.1. The third kappa shape index (κ3) is 5.13. The van der Waals surface area contributed by atoms with E-state index in [4.69, 9.17) is 30.9 Å². The number of ether oxygens (including phenoxy) is 1. The van der Waals surface area contributed by atoms with Gasteiger partial charge in [0.15, 0.2) is 0 Å². The zero-order valence-corrected chi connectivity index (χ0v) is 20.2. The van der Waals surface area contributed by atoms with Crippen LogP contribution in [0, 0.1) is 0 Å². The van der Waals surface area contributed by atoms with E-state index < -0.39 is 18.5 Å². The molecule has 2 rings (SSSR count). The summed E-state index contributed by atoms with van der Waals surface area (Å²) in [4.78, 5) is 15.1.